The second-order valence-corrected chi connectivity index (χ2v) is 5.57. The van der Waals surface area contributed by atoms with E-state index in [-0.39, 0.29) is 0 Å². The number of aromatic nitrogens is 1. The smallest absolute Gasteiger partial charge is 0.0705 e. The zero-order chi connectivity index (χ0) is 13.0. The first-order valence-corrected chi connectivity index (χ1v) is 7.66. The van der Waals surface area contributed by atoms with Gasteiger partial charge in [-0.25, -0.2) is 0 Å². The summed E-state index contributed by atoms with van der Waals surface area (Å²) in [7, 11) is 2.03. The minimum Gasteiger partial charge on any atom is -0.313 e. The molecule has 0 radical (unpaired) electrons. The molecule has 2 aromatic rings. The van der Waals surface area contributed by atoms with Gasteiger partial charge in [-0.2, -0.15) is 11.8 Å². The third-order valence-corrected chi connectivity index (χ3v) is 4.16. The molecule has 3 heteroatoms. The molecule has 18 heavy (non-hydrogen) atoms. The summed E-state index contributed by atoms with van der Waals surface area (Å²) in [6.07, 6.45) is 4.01. The summed E-state index contributed by atoms with van der Waals surface area (Å²) in [5.41, 5.74) is 2.40. The van der Waals surface area contributed by atoms with E-state index in [4.69, 9.17) is 0 Å². The van der Waals surface area contributed by atoms with E-state index in [0.29, 0.717) is 12.0 Å². The summed E-state index contributed by atoms with van der Waals surface area (Å²) in [6.45, 7) is 2.29. The minimum atomic E-state index is 0.392. The quantitative estimate of drug-likeness (QED) is 0.890. The van der Waals surface area contributed by atoms with Crippen LogP contribution in [-0.2, 0) is 0 Å². The molecule has 2 rings (SSSR count). The second-order valence-electron chi connectivity index (χ2n) is 4.65. The number of nitrogens with one attached hydrogen (secondary N) is 1. The van der Waals surface area contributed by atoms with E-state index in [1.165, 1.54) is 10.9 Å². The van der Waals surface area contributed by atoms with Crippen molar-refractivity contribution >= 4 is 22.7 Å². The van der Waals surface area contributed by atoms with Crippen LogP contribution in [0.4, 0.5) is 0 Å². The average molecular weight is 260 g/mol. The Labute approximate surface area is 113 Å². The van der Waals surface area contributed by atoms with E-state index >= 15 is 0 Å². The Bertz CT molecular complexity index is 513. The van der Waals surface area contributed by atoms with Crippen LogP contribution in [0.25, 0.3) is 10.9 Å². The van der Waals surface area contributed by atoms with Crippen molar-refractivity contribution in [3.8, 4) is 0 Å². The highest BCUT2D eigenvalue weighted by Crippen LogP contribution is 2.26. The number of benzene rings is 1. The summed E-state index contributed by atoms with van der Waals surface area (Å²) in [5.74, 6) is 1.76. The number of hydrogen-bond acceptors (Lipinski definition) is 3. The Balaban J connectivity index is 2.33. The van der Waals surface area contributed by atoms with Crippen molar-refractivity contribution in [2.45, 2.75) is 13.0 Å². The predicted molar refractivity (Wildman–Crippen MR) is 81.1 cm³/mol. The molecule has 2 atom stereocenters. The molecule has 0 spiro atoms. The van der Waals surface area contributed by atoms with Crippen molar-refractivity contribution in [1.29, 1.82) is 0 Å². The first-order chi connectivity index (χ1) is 8.76. The SMILES string of the molecule is CNC(c1ccc2cccnc2c1)C(C)CSC. The largest absolute Gasteiger partial charge is 0.313 e. The normalized spacial score (nSPS) is 14.6. The van der Waals surface area contributed by atoms with Crippen LogP contribution in [0.2, 0.25) is 0 Å². The van der Waals surface area contributed by atoms with Crippen LogP contribution in [0.5, 0.6) is 0 Å². The zero-order valence-electron chi connectivity index (χ0n) is 11.2. The Kier molecular flexibility index (Phi) is 4.61. The third-order valence-electron chi connectivity index (χ3n) is 3.30. The number of fused-ring (bicyclic) bond motifs is 1. The fraction of sp³-hybridized carbons (Fsp3) is 0.400. The maximum Gasteiger partial charge on any atom is 0.0705 e. The van der Waals surface area contributed by atoms with Gasteiger partial charge in [0.25, 0.3) is 0 Å². The molecule has 0 amide bonds. The highest BCUT2D eigenvalue weighted by atomic mass is 32.2. The highest BCUT2D eigenvalue weighted by Gasteiger charge is 2.17. The topological polar surface area (TPSA) is 24.9 Å². The molecule has 1 aromatic heterocycles. The summed E-state index contributed by atoms with van der Waals surface area (Å²) in [5, 5.41) is 4.63. The molecule has 0 bridgehead atoms. The Morgan fingerprint density at radius 3 is 2.89 bits per heavy atom. The molecule has 2 unspecified atom stereocenters. The van der Waals surface area contributed by atoms with Gasteiger partial charge in [-0.05, 0) is 42.7 Å². The number of thioether (sulfide) groups is 1. The van der Waals surface area contributed by atoms with Crippen LogP contribution in [0.15, 0.2) is 36.5 Å². The van der Waals surface area contributed by atoms with Crippen molar-refractivity contribution < 1.29 is 0 Å². The maximum atomic E-state index is 4.43. The predicted octanol–water partition coefficient (Wildman–Crippen LogP) is 3.49. The van der Waals surface area contributed by atoms with Gasteiger partial charge in [-0.15, -0.1) is 0 Å². The molecule has 0 saturated carbocycles. The fourth-order valence-corrected chi connectivity index (χ4v) is 3.13. The van der Waals surface area contributed by atoms with E-state index in [2.05, 4.69) is 47.7 Å². The van der Waals surface area contributed by atoms with Crippen LogP contribution in [0.3, 0.4) is 0 Å². The van der Waals surface area contributed by atoms with Gasteiger partial charge in [0, 0.05) is 17.6 Å². The van der Waals surface area contributed by atoms with Crippen LogP contribution in [0, 0.1) is 5.92 Å². The summed E-state index contributed by atoms with van der Waals surface area (Å²) in [4.78, 5) is 4.43. The van der Waals surface area contributed by atoms with Crippen molar-refractivity contribution in [1.82, 2.24) is 10.3 Å². The van der Waals surface area contributed by atoms with Crippen LogP contribution >= 0.6 is 11.8 Å². The molecular formula is C15H20N2S. The summed E-state index contributed by atoms with van der Waals surface area (Å²) >= 11 is 1.90. The van der Waals surface area contributed by atoms with E-state index < -0.39 is 0 Å². The lowest BCUT2D eigenvalue weighted by molar-refractivity contribution is 0.450. The van der Waals surface area contributed by atoms with Gasteiger partial charge in [0.1, 0.15) is 0 Å². The van der Waals surface area contributed by atoms with Gasteiger partial charge in [0.15, 0.2) is 0 Å². The molecule has 1 heterocycles. The molecule has 0 fully saturated rings. The highest BCUT2D eigenvalue weighted by molar-refractivity contribution is 7.98. The molecule has 1 N–H and O–H groups in total. The lowest BCUT2D eigenvalue weighted by atomic mass is 9.95. The van der Waals surface area contributed by atoms with Crippen LogP contribution < -0.4 is 5.32 Å². The van der Waals surface area contributed by atoms with Crippen molar-refractivity contribution in [3.63, 3.8) is 0 Å². The molecular weight excluding hydrogens is 240 g/mol. The molecule has 0 saturated heterocycles. The minimum absolute atomic E-state index is 0.392. The Morgan fingerprint density at radius 2 is 2.17 bits per heavy atom. The lowest BCUT2D eigenvalue weighted by Gasteiger charge is -2.23. The van der Waals surface area contributed by atoms with Crippen molar-refractivity contribution in [2.75, 3.05) is 19.1 Å². The van der Waals surface area contributed by atoms with Gasteiger partial charge >= 0.3 is 0 Å². The first-order valence-electron chi connectivity index (χ1n) is 6.27. The van der Waals surface area contributed by atoms with E-state index in [9.17, 15) is 0 Å². The molecule has 1 aromatic carbocycles. The van der Waals surface area contributed by atoms with Gasteiger partial charge in [0.2, 0.25) is 0 Å². The van der Waals surface area contributed by atoms with E-state index in [0.717, 1.165) is 11.3 Å². The maximum absolute atomic E-state index is 4.43. The van der Waals surface area contributed by atoms with E-state index in [1.54, 1.807) is 0 Å². The summed E-state index contributed by atoms with van der Waals surface area (Å²) in [6, 6.07) is 11.0. The Morgan fingerprint density at radius 1 is 1.33 bits per heavy atom. The number of rotatable bonds is 5. The molecule has 96 valence electrons. The first kappa shape index (κ1) is 13.4. The van der Waals surface area contributed by atoms with Gasteiger partial charge in [-0.1, -0.05) is 25.1 Å². The monoisotopic (exact) mass is 260 g/mol. The second kappa shape index (κ2) is 6.21. The standard InChI is InChI=1S/C15H20N2S/c1-11(10-18-3)15(16-2)13-7-6-12-5-4-8-17-14(12)9-13/h4-9,11,15-16H,10H2,1-3H3. The molecule has 0 aliphatic heterocycles. The van der Waals surface area contributed by atoms with E-state index in [1.807, 2.05) is 31.1 Å². The van der Waals surface area contributed by atoms with Gasteiger partial charge in [0.05, 0.1) is 5.52 Å². The van der Waals surface area contributed by atoms with Crippen LogP contribution in [-0.4, -0.2) is 24.0 Å². The number of hydrogen-bond donors (Lipinski definition) is 1. The van der Waals surface area contributed by atoms with Crippen LogP contribution in [0.1, 0.15) is 18.5 Å². The average Bonchev–Trinajstić information content (AvgIpc) is 2.40. The summed E-state index contributed by atoms with van der Waals surface area (Å²) < 4.78 is 0. The van der Waals surface area contributed by atoms with Gasteiger partial charge < -0.3 is 5.32 Å². The van der Waals surface area contributed by atoms with Gasteiger partial charge in [-0.3, -0.25) is 4.98 Å². The Hall–Kier alpha value is -1.06. The van der Waals surface area contributed by atoms with Crippen molar-refractivity contribution in [3.05, 3.63) is 42.1 Å². The molecule has 2 nitrogen and oxygen atoms in total. The van der Waals surface area contributed by atoms with Crippen molar-refractivity contribution in [2.24, 2.45) is 5.92 Å². The number of pyridine rings is 1. The lowest BCUT2D eigenvalue weighted by Crippen LogP contribution is -2.24. The third kappa shape index (κ3) is 2.85. The zero-order valence-corrected chi connectivity index (χ0v) is 12.0. The molecule has 0 aliphatic rings. The molecule has 0 aliphatic carbocycles. The fourth-order valence-electron chi connectivity index (χ4n) is 2.42. The number of nitrogens with zero attached hydrogens (tertiary/aromatic N) is 1.